The maximum atomic E-state index is 11.2. The molecule has 3 heteroatoms. The molecular weight excluding hydrogens is 244 g/mol. The van der Waals surface area contributed by atoms with E-state index in [4.69, 9.17) is 4.74 Å². The zero-order valence-electron chi connectivity index (χ0n) is 7.70. The highest BCUT2D eigenvalue weighted by Crippen LogP contribution is 2.04. The van der Waals surface area contributed by atoms with Gasteiger partial charge in [-0.05, 0) is 5.56 Å². The smallest absolute Gasteiger partial charge is 0.334 e. The van der Waals surface area contributed by atoms with Gasteiger partial charge in [-0.25, -0.2) is 4.79 Å². The second-order valence-corrected chi connectivity index (χ2v) is 3.36. The number of benzene rings is 1. The average molecular weight is 255 g/mol. The molecule has 0 aliphatic rings. The van der Waals surface area contributed by atoms with E-state index in [1.807, 2.05) is 30.3 Å². The molecule has 0 aliphatic carbocycles. The molecule has 0 saturated carbocycles. The first-order chi connectivity index (χ1) is 6.74. The van der Waals surface area contributed by atoms with Crippen molar-refractivity contribution < 1.29 is 9.53 Å². The Kier molecular flexibility index (Phi) is 4.40. The molecule has 0 radical (unpaired) electrons. The van der Waals surface area contributed by atoms with E-state index >= 15 is 0 Å². The minimum atomic E-state index is -0.356. The summed E-state index contributed by atoms with van der Waals surface area (Å²) in [6, 6.07) is 9.54. The molecule has 14 heavy (non-hydrogen) atoms. The number of carbonyl (C=O) groups excluding carboxylic acids is 1. The number of carbonyl (C=O) groups is 1. The first-order valence-electron chi connectivity index (χ1n) is 4.19. The van der Waals surface area contributed by atoms with Gasteiger partial charge in [-0.3, -0.25) is 0 Å². The summed E-state index contributed by atoms with van der Waals surface area (Å²) in [5.74, 6) is -0.356. The first kappa shape index (κ1) is 11.0. The highest BCUT2D eigenvalue weighted by atomic mass is 79.9. The van der Waals surface area contributed by atoms with Gasteiger partial charge in [-0.15, -0.1) is 0 Å². The summed E-state index contributed by atoms with van der Waals surface area (Å²) in [4.78, 5) is 11.2. The minimum absolute atomic E-state index is 0.297. The molecule has 0 saturated heterocycles. The van der Waals surface area contributed by atoms with E-state index in [0.29, 0.717) is 17.5 Å². The van der Waals surface area contributed by atoms with Crippen LogP contribution in [-0.4, -0.2) is 11.3 Å². The van der Waals surface area contributed by atoms with Crippen LogP contribution in [0.15, 0.2) is 42.5 Å². The molecular formula is C11H11BrO2. The predicted molar refractivity (Wildman–Crippen MR) is 59.2 cm³/mol. The third kappa shape index (κ3) is 3.34. The van der Waals surface area contributed by atoms with Crippen molar-refractivity contribution in [3.05, 3.63) is 48.0 Å². The molecule has 0 N–H and O–H groups in total. The van der Waals surface area contributed by atoms with Crippen LogP contribution in [0.4, 0.5) is 0 Å². The number of hydrogen-bond donors (Lipinski definition) is 0. The van der Waals surface area contributed by atoms with Gasteiger partial charge in [0.25, 0.3) is 0 Å². The summed E-state index contributed by atoms with van der Waals surface area (Å²) in [6.07, 6.45) is 0. The topological polar surface area (TPSA) is 26.3 Å². The van der Waals surface area contributed by atoms with Crippen LogP contribution in [-0.2, 0) is 16.1 Å². The molecule has 0 heterocycles. The number of hydrogen-bond acceptors (Lipinski definition) is 2. The zero-order chi connectivity index (χ0) is 10.4. The van der Waals surface area contributed by atoms with E-state index in [1.54, 1.807) is 0 Å². The third-order valence-corrected chi connectivity index (χ3v) is 2.34. The number of esters is 1. The van der Waals surface area contributed by atoms with Gasteiger partial charge < -0.3 is 4.74 Å². The summed E-state index contributed by atoms with van der Waals surface area (Å²) >= 11 is 3.14. The maximum Gasteiger partial charge on any atom is 0.334 e. The first-order valence-corrected chi connectivity index (χ1v) is 5.31. The highest BCUT2D eigenvalue weighted by Gasteiger charge is 2.06. The van der Waals surface area contributed by atoms with Gasteiger partial charge in [0.1, 0.15) is 6.61 Å². The number of halogens is 1. The van der Waals surface area contributed by atoms with Crippen LogP contribution in [0.2, 0.25) is 0 Å². The fourth-order valence-corrected chi connectivity index (χ4v) is 1.11. The van der Waals surface area contributed by atoms with Crippen molar-refractivity contribution in [2.24, 2.45) is 0 Å². The molecule has 0 fully saturated rings. The van der Waals surface area contributed by atoms with Crippen LogP contribution in [0.1, 0.15) is 5.56 Å². The standard InChI is InChI=1S/C11H11BrO2/c1-9(7-12)11(13)14-8-10-5-3-2-4-6-10/h2-6H,1,7-8H2. The normalized spacial score (nSPS) is 9.50. The second kappa shape index (κ2) is 5.60. The maximum absolute atomic E-state index is 11.2. The van der Waals surface area contributed by atoms with Crippen LogP contribution < -0.4 is 0 Å². The second-order valence-electron chi connectivity index (χ2n) is 2.80. The summed E-state index contributed by atoms with van der Waals surface area (Å²) < 4.78 is 5.01. The van der Waals surface area contributed by atoms with Crippen LogP contribution in [0, 0.1) is 0 Å². The van der Waals surface area contributed by atoms with Crippen LogP contribution >= 0.6 is 15.9 Å². The minimum Gasteiger partial charge on any atom is -0.457 e. The van der Waals surface area contributed by atoms with Crippen LogP contribution in [0.25, 0.3) is 0 Å². The number of alkyl halides is 1. The fraction of sp³-hybridized carbons (Fsp3) is 0.182. The van der Waals surface area contributed by atoms with Gasteiger partial charge in [-0.2, -0.15) is 0 Å². The molecule has 0 aromatic heterocycles. The van der Waals surface area contributed by atoms with E-state index in [0.717, 1.165) is 5.56 Å². The molecule has 1 aromatic carbocycles. The lowest BCUT2D eigenvalue weighted by Gasteiger charge is -2.04. The van der Waals surface area contributed by atoms with Gasteiger partial charge in [0, 0.05) is 10.9 Å². The lowest BCUT2D eigenvalue weighted by Crippen LogP contribution is -2.07. The molecule has 2 nitrogen and oxygen atoms in total. The summed E-state index contributed by atoms with van der Waals surface area (Å²) in [6.45, 7) is 3.86. The molecule has 0 bridgehead atoms. The van der Waals surface area contributed by atoms with Crippen LogP contribution in [0.3, 0.4) is 0 Å². The fourth-order valence-electron chi connectivity index (χ4n) is 0.880. The summed E-state index contributed by atoms with van der Waals surface area (Å²) in [5, 5.41) is 0.445. The Hall–Kier alpha value is -1.09. The zero-order valence-corrected chi connectivity index (χ0v) is 9.29. The molecule has 1 aromatic rings. The van der Waals surface area contributed by atoms with E-state index < -0.39 is 0 Å². The van der Waals surface area contributed by atoms with E-state index in [2.05, 4.69) is 22.5 Å². The van der Waals surface area contributed by atoms with E-state index in [-0.39, 0.29) is 5.97 Å². The van der Waals surface area contributed by atoms with Gasteiger partial charge >= 0.3 is 5.97 Å². The van der Waals surface area contributed by atoms with E-state index in [1.165, 1.54) is 0 Å². The SMILES string of the molecule is C=C(CBr)C(=O)OCc1ccccc1. The average Bonchev–Trinajstić information content (AvgIpc) is 2.26. The van der Waals surface area contributed by atoms with Crippen molar-refractivity contribution in [1.82, 2.24) is 0 Å². The molecule has 0 amide bonds. The van der Waals surface area contributed by atoms with Crippen molar-refractivity contribution in [2.45, 2.75) is 6.61 Å². The van der Waals surface area contributed by atoms with Gasteiger partial charge in [0.15, 0.2) is 0 Å². The van der Waals surface area contributed by atoms with Crippen molar-refractivity contribution in [1.29, 1.82) is 0 Å². The van der Waals surface area contributed by atoms with Gasteiger partial charge in [-0.1, -0.05) is 52.8 Å². The molecule has 0 atom stereocenters. The van der Waals surface area contributed by atoms with Gasteiger partial charge in [0.05, 0.1) is 0 Å². The summed E-state index contributed by atoms with van der Waals surface area (Å²) in [7, 11) is 0. The Bertz CT molecular complexity index is 319. The van der Waals surface area contributed by atoms with Crippen molar-refractivity contribution >= 4 is 21.9 Å². The molecule has 0 spiro atoms. The lowest BCUT2D eigenvalue weighted by molar-refractivity contribution is -0.140. The monoisotopic (exact) mass is 254 g/mol. The number of ether oxygens (including phenoxy) is 1. The van der Waals surface area contributed by atoms with Crippen molar-refractivity contribution in [3.63, 3.8) is 0 Å². The van der Waals surface area contributed by atoms with Crippen molar-refractivity contribution in [2.75, 3.05) is 5.33 Å². The quantitative estimate of drug-likeness (QED) is 0.469. The Balaban J connectivity index is 2.42. The Morgan fingerprint density at radius 2 is 2.00 bits per heavy atom. The Labute approximate surface area is 91.7 Å². The summed E-state index contributed by atoms with van der Waals surface area (Å²) in [5.41, 5.74) is 1.41. The lowest BCUT2D eigenvalue weighted by atomic mass is 10.2. The highest BCUT2D eigenvalue weighted by molar-refractivity contribution is 9.09. The molecule has 1 rings (SSSR count). The predicted octanol–water partition coefficient (Wildman–Crippen LogP) is 2.68. The number of rotatable bonds is 4. The molecule has 0 unspecified atom stereocenters. The van der Waals surface area contributed by atoms with Gasteiger partial charge in [0.2, 0.25) is 0 Å². The largest absolute Gasteiger partial charge is 0.457 e. The van der Waals surface area contributed by atoms with Crippen molar-refractivity contribution in [3.8, 4) is 0 Å². The Morgan fingerprint density at radius 3 is 2.57 bits per heavy atom. The Morgan fingerprint density at radius 1 is 1.36 bits per heavy atom. The third-order valence-electron chi connectivity index (χ3n) is 1.66. The molecule has 0 aliphatic heterocycles. The van der Waals surface area contributed by atoms with E-state index in [9.17, 15) is 4.79 Å². The molecule has 74 valence electrons. The van der Waals surface area contributed by atoms with Crippen LogP contribution in [0.5, 0.6) is 0 Å².